The lowest BCUT2D eigenvalue weighted by Crippen LogP contribution is -2.50. The van der Waals surface area contributed by atoms with Gasteiger partial charge in [-0.1, -0.05) is 0 Å². The fraction of sp³-hybridized carbons (Fsp3) is 0.438. The maximum atomic E-state index is 12.5. The van der Waals surface area contributed by atoms with Gasteiger partial charge in [0.25, 0.3) is 5.91 Å². The number of fused-ring (bicyclic) bond motifs is 1. The molecule has 2 aromatic rings. The Kier molecular flexibility index (Phi) is 3.59. The number of hydrogen-bond acceptors (Lipinski definition) is 4. The molecule has 0 atom stereocenters. The summed E-state index contributed by atoms with van der Waals surface area (Å²) in [6, 6.07) is 7.71. The molecule has 0 spiro atoms. The summed E-state index contributed by atoms with van der Waals surface area (Å²) in [5.41, 5.74) is 7.13. The van der Waals surface area contributed by atoms with Crippen molar-refractivity contribution in [3.8, 4) is 0 Å². The first-order valence-electron chi connectivity index (χ1n) is 7.37. The minimum absolute atomic E-state index is 0.0341. The topological polar surface area (TPSA) is 62.7 Å². The van der Waals surface area contributed by atoms with Crippen LogP contribution in [-0.4, -0.2) is 47.9 Å². The van der Waals surface area contributed by atoms with Crippen molar-refractivity contribution in [3.63, 3.8) is 0 Å². The van der Waals surface area contributed by atoms with Gasteiger partial charge in [0.1, 0.15) is 5.58 Å². The summed E-state index contributed by atoms with van der Waals surface area (Å²) < 4.78 is 5.65. The zero-order chi connectivity index (χ0) is 15.0. The number of rotatable bonds is 2. The number of piperazine rings is 1. The third-order valence-electron chi connectivity index (χ3n) is 4.08. The molecule has 1 amide bonds. The van der Waals surface area contributed by atoms with Crippen LogP contribution in [-0.2, 0) is 0 Å². The average Bonchev–Trinajstić information content (AvgIpc) is 2.89. The molecule has 5 heteroatoms. The second-order valence-corrected chi connectivity index (χ2v) is 5.83. The van der Waals surface area contributed by atoms with Crippen molar-refractivity contribution in [2.24, 2.45) is 0 Å². The quantitative estimate of drug-likeness (QED) is 0.860. The molecule has 2 heterocycles. The molecule has 1 aliphatic heterocycles. The van der Waals surface area contributed by atoms with Gasteiger partial charge in [-0.15, -0.1) is 0 Å². The van der Waals surface area contributed by atoms with Gasteiger partial charge in [-0.3, -0.25) is 9.69 Å². The Morgan fingerprint density at radius 1 is 1.19 bits per heavy atom. The Labute approximate surface area is 124 Å². The standard InChI is InChI=1S/C16H21N3O2/c1-11(2)18-5-7-19(8-6-18)16(20)15-10-12-9-13(17)3-4-14(12)21-15/h3-4,9-11H,5-8,17H2,1-2H3. The van der Waals surface area contributed by atoms with Crippen molar-refractivity contribution in [3.05, 3.63) is 30.0 Å². The van der Waals surface area contributed by atoms with Gasteiger partial charge in [0.05, 0.1) is 0 Å². The van der Waals surface area contributed by atoms with Crippen LogP contribution in [0.4, 0.5) is 5.69 Å². The summed E-state index contributed by atoms with van der Waals surface area (Å²) in [5, 5.41) is 0.874. The van der Waals surface area contributed by atoms with E-state index >= 15 is 0 Å². The molecular weight excluding hydrogens is 266 g/mol. The molecule has 1 aromatic heterocycles. The van der Waals surface area contributed by atoms with Crippen LogP contribution in [0.2, 0.25) is 0 Å². The van der Waals surface area contributed by atoms with Crippen molar-refractivity contribution < 1.29 is 9.21 Å². The summed E-state index contributed by atoms with van der Waals surface area (Å²) in [4.78, 5) is 16.8. The van der Waals surface area contributed by atoms with Crippen LogP contribution in [0.15, 0.2) is 28.7 Å². The van der Waals surface area contributed by atoms with Gasteiger partial charge in [0, 0.05) is 43.3 Å². The number of carbonyl (C=O) groups excluding carboxylic acids is 1. The summed E-state index contributed by atoms with van der Waals surface area (Å²) in [6.07, 6.45) is 0. The number of hydrogen-bond donors (Lipinski definition) is 1. The molecule has 1 fully saturated rings. The lowest BCUT2D eigenvalue weighted by Gasteiger charge is -2.36. The molecule has 112 valence electrons. The fourth-order valence-corrected chi connectivity index (χ4v) is 2.76. The predicted molar refractivity (Wildman–Crippen MR) is 83.2 cm³/mol. The summed E-state index contributed by atoms with van der Waals surface area (Å²) in [7, 11) is 0. The molecule has 0 unspecified atom stereocenters. The van der Waals surface area contributed by atoms with Crippen molar-refractivity contribution in [2.75, 3.05) is 31.9 Å². The van der Waals surface area contributed by atoms with Crippen molar-refractivity contribution in [2.45, 2.75) is 19.9 Å². The van der Waals surface area contributed by atoms with Crippen molar-refractivity contribution in [1.29, 1.82) is 0 Å². The van der Waals surface area contributed by atoms with E-state index in [0.717, 1.165) is 31.6 Å². The fourth-order valence-electron chi connectivity index (χ4n) is 2.76. The first-order valence-corrected chi connectivity index (χ1v) is 7.37. The maximum Gasteiger partial charge on any atom is 0.289 e. The van der Waals surface area contributed by atoms with Crippen LogP contribution in [0.5, 0.6) is 0 Å². The second kappa shape index (κ2) is 5.41. The molecule has 5 nitrogen and oxygen atoms in total. The third-order valence-corrected chi connectivity index (χ3v) is 4.08. The summed E-state index contributed by atoms with van der Waals surface area (Å²) in [6.45, 7) is 7.68. The number of nitrogen functional groups attached to an aromatic ring is 1. The highest BCUT2D eigenvalue weighted by Gasteiger charge is 2.25. The van der Waals surface area contributed by atoms with E-state index in [1.807, 2.05) is 11.0 Å². The van der Waals surface area contributed by atoms with Crippen LogP contribution in [0.3, 0.4) is 0 Å². The van der Waals surface area contributed by atoms with E-state index in [2.05, 4.69) is 18.7 Å². The zero-order valence-corrected chi connectivity index (χ0v) is 12.5. The van der Waals surface area contributed by atoms with Crippen molar-refractivity contribution in [1.82, 2.24) is 9.80 Å². The van der Waals surface area contributed by atoms with Gasteiger partial charge in [-0.05, 0) is 38.1 Å². The minimum Gasteiger partial charge on any atom is -0.451 e. The molecule has 2 N–H and O–H groups in total. The number of amides is 1. The highest BCUT2D eigenvalue weighted by atomic mass is 16.3. The molecule has 21 heavy (non-hydrogen) atoms. The second-order valence-electron chi connectivity index (χ2n) is 5.83. The van der Waals surface area contributed by atoms with Gasteiger partial charge < -0.3 is 15.1 Å². The molecule has 0 radical (unpaired) electrons. The highest BCUT2D eigenvalue weighted by Crippen LogP contribution is 2.23. The Hall–Kier alpha value is -2.01. The summed E-state index contributed by atoms with van der Waals surface area (Å²) >= 11 is 0. The van der Waals surface area contributed by atoms with Crippen molar-refractivity contribution >= 4 is 22.6 Å². The molecule has 0 aliphatic carbocycles. The zero-order valence-electron chi connectivity index (χ0n) is 12.5. The number of nitrogens with zero attached hydrogens (tertiary/aromatic N) is 2. The van der Waals surface area contributed by atoms with Crippen LogP contribution in [0.25, 0.3) is 11.0 Å². The number of benzene rings is 1. The lowest BCUT2D eigenvalue weighted by atomic mass is 10.2. The molecule has 1 saturated heterocycles. The largest absolute Gasteiger partial charge is 0.451 e. The van der Waals surface area contributed by atoms with E-state index < -0.39 is 0 Å². The Bertz CT molecular complexity index is 655. The van der Waals surface area contributed by atoms with Crippen LogP contribution in [0, 0.1) is 0 Å². The van der Waals surface area contributed by atoms with Crippen LogP contribution >= 0.6 is 0 Å². The molecule has 3 rings (SSSR count). The third kappa shape index (κ3) is 2.74. The van der Waals surface area contributed by atoms with E-state index in [9.17, 15) is 4.79 Å². The van der Waals surface area contributed by atoms with Gasteiger partial charge >= 0.3 is 0 Å². The molecule has 1 aliphatic rings. The predicted octanol–water partition coefficient (Wildman–Crippen LogP) is 2.18. The molecular formula is C16H21N3O2. The summed E-state index contributed by atoms with van der Waals surface area (Å²) in [5.74, 6) is 0.363. The van der Waals surface area contributed by atoms with Gasteiger partial charge in [-0.2, -0.15) is 0 Å². The SMILES string of the molecule is CC(C)N1CCN(C(=O)c2cc3cc(N)ccc3o2)CC1. The first kappa shape index (κ1) is 13.9. The number of carbonyl (C=O) groups is 1. The minimum atomic E-state index is -0.0341. The molecule has 1 aromatic carbocycles. The Balaban J connectivity index is 1.75. The first-order chi connectivity index (χ1) is 10.0. The number of furan rings is 1. The highest BCUT2D eigenvalue weighted by molar-refractivity contribution is 5.96. The lowest BCUT2D eigenvalue weighted by molar-refractivity contribution is 0.0568. The van der Waals surface area contributed by atoms with Gasteiger partial charge in [0.15, 0.2) is 5.76 Å². The van der Waals surface area contributed by atoms with Gasteiger partial charge in [0.2, 0.25) is 0 Å². The maximum absolute atomic E-state index is 12.5. The van der Waals surface area contributed by atoms with E-state index in [4.69, 9.17) is 10.2 Å². The van der Waals surface area contributed by atoms with E-state index in [0.29, 0.717) is 23.1 Å². The van der Waals surface area contributed by atoms with Gasteiger partial charge in [-0.25, -0.2) is 0 Å². The molecule has 0 saturated carbocycles. The number of nitrogens with two attached hydrogens (primary N) is 1. The van der Waals surface area contributed by atoms with Crippen LogP contribution in [0.1, 0.15) is 24.4 Å². The number of anilines is 1. The molecule has 0 bridgehead atoms. The smallest absolute Gasteiger partial charge is 0.289 e. The van der Waals surface area contributed by atoms with E-state index in [1.54, 1.807) is 18.2 Å². The average molecular weight is 287 g/mol. The Morgan fingerprint density at radius 2 is 1.90 bits per heavy atom. The Morgan fingerprint density at radius 3 is 2.57 bits per heavy atom. The monoisotopic (exact) mass is 287 g/mol. The van der Waals surface area contributed by atoms with Crippen LogP contribution < -0.4 is 5.73 Å². The van der Waals surface area contributed by atoms with E-state index in [1.165, 1.54) is 0 Å². The normalized spacial score (nSPS) is 16.8. The van der Waals surface area contributed by atoms with E-state index in [-0.39, 0.29) is 5.91 Å².